The van der Waals surface area contributed by atoms with Gasteiger partial charge in [0.05, 0.1) is 12.7 Å². The minimum Gasteiger partial charge on any atom is -0.493 e. The first-order valence-corrected chi connectivity index (χ1v) is 7.13. The summed E-state index contributed by atoms with van der Waals surface area (Å²) < 4.78 is 5.64. The molecule has 0 radical (unpaired) electrons. The minimum atomic E-state index is -0.369. The molecule has 1 aliphatic rings. The van der Waals surface area contributed by atoms with Crippen molar-refractivity contribution < 1.29 is 9.84 Å². The highest BCUT2D eigenvalue weighted by Crippen LogP contribution is 2.38. The molecule has 1 saturated carbocycles. The monoisotopic (exact) mass is 248 g/mol. The maximum absolute atomic E-state index is 10.6. The zero-order valence-corrected chi connectivity index (χ0v) is 11.5. The van der Waals surface area contributed by atoms with E-state index in [1.54, 1.807) is 0 Å². The zero-order chi connectivity index (χ0) is 13.0. The molecule has 2 heteroatoms. The van der Waals surface area contributed by atoms with Crippen molar-refractivity contribution in [2.45, 2.75) is 52.1 Å². The Kier molecular flexibility index (Phi) is 4.65. The second kappa shape index (κ2) is 6.24. The number of hydrogen-bond donors (Lipinski definition) is 1. The molecule has 0 aromatic heterocycles. The number of aliphatic hydroxyl groups is 1. The Hall–Kier alpha value is -1.02. The van der Waals surface area contributed by atoms with Gasteiger partial charge in [-0.3, -0.25) is 0 Å². The lowest BCUT2D eigenvalue weighted by molar-refractivity contribution is 0.0818. The molecule has 1 unspecified atom stereocenters. The Labute approximate surface area is 110 Å². The standard InChI is InChI=1S/C16H24O2/c1-3-18-15-10-9-12(2)11-14(15)16(17)13-7-5-4-6-8-13/h9-11,13,16-17H,3-8H2,1-2H3. The average Bonchev–Trinajstić information content (AvgIpc) is 2.41. The molecular weight excluding hydrogens is 224 g/mol. The summed E-state index contributed by atoms with van der Waals surface area (Å²) in [5.74, 6) is 1.25. The van der Waals surface area contributed by atoms with Gasteiger partial charge in [-0.1, -0.05) is 30.9 Å². The molecule has 1 fully saturated rings. The van der Waals surface area contributed by atoms with E-state index in [0.29, 0.717) is 12.5 Å². The van der Waals surface area contributed by atoms with Gasteiger partial charge in [0.15, 0.2) is 0 Å². The van der Waals surface area contributed by atoms with E-state index < -0.39 is 0 Å². The summed E-state index contributed by atoms with van der Waals surface area (Å²) in [5.41, 5.74) is 2.16. The molecule has 1 aromatic rings. The highest BCUT2D eigenvalue weighted by atomic mass is 16.5. The number of benzene rings is 1. The van der Waals surface area contributed by atoms with Crippen LogP contribution in [0.2, 0.25) is 0 Å². The molecule has 0 spiro atoms. The first-order valence-electron chi connectivity index (χ1n) is 7.13. The summed E-state index contributed by atoms with van der Waals surface area (Å²) in [7, 11) is 0. The van der Waals surface area contributed by atoms with Crippen LogP contribution in [0.4, 0.5) is 0 Å². The lowest BCUT2D eigenvalue weighted by Gasteiger charge is -2.28. The van der Waals surface area contributed by atoms with Crippen LogP contribution in [0.15, 0.2) is 18.2 Å². The zero-order valence-electron chi connectivity index (χ0n) is 11.5. The molecule has 1 N–H and O–H groups in total. The van der Waals surface area contributed by atoms with Gasteiger partial charge in [-0.05, 0) is 44.7 Å². The Morgan fingerprint density at radius 1 is 1.28 bits per heavy atom. The third-order valence-electron chi connectivity index (χ3n) is 3.88. The van der Waals surface area contributed by atoms with E-state index in [-0.39, 0.29) is 6.10 Å². The molecule has 0 amide bonds. The number of aliphatic hydroxyl groups excluding tert-OH is 1. The largest absolute Gasteiger partial charge is 0.493 e. The molecular formula is C16H24O2. The first-order chi connectivity index (χ1) is 8.72. The Bertz CT molecular complexity index is 381. The van der Waals surface area contributed by atoms with Gasteiger partial charge in [0.1, 0.15) is 5.75 Å². The molecule has 0 saturated heterocycles. The van der Waals surface area contributed by atoms with Crippen molar-refractivity contribution in [2.75, 3.05) is 6.61 Å². The summed E-state index contributed by atoms with van der Waals surface area (Å²) in [5, 5.41) is 10.6. The maximum Gasteiger partial charge on any atom is 0.125 e. The van der Waals surface area contributed by atoms with E-state index in [1.165, 1.54) is 24.8 Å². The predicted octanol–water partition coefficient (Wildman–Crippen LogP) is 4.01. The molecule has 0 heterocycles. The van der Waals surface area contributed by atoms with E-state index in [4.69, 9.17) is 4.74 Å². The lowest BCUT2D eigenvalue weighted by Crippen LogP contribution is -2.17. The molecule has 1 atom stereocenters. The molecule has 2 rings (SSSR count). The third kappa shape index (κ3) is 3.05. The van der Waals surface area contributed by atoms with Gasteiger partial charge in [-0.25, -0.2) is 0 Å². The van der Waals surface area contributed by atoms with Gasteiger partial charge in [-0.15, -0.1) is 0 Å². The van der Waals surface area contributed by atoms with Crippen molar-refractivity contribution in [3.8, 4) is 5.75 Å². The van der Waals surface area contributed by atoms with Crippen LogP contribution in [0.25, 0.3) is 0 Å². The Balaban J connectivity index is 2.21. The number of aryl methyl sites for hydroxylation is 1. The molecule has 1 aromatic carbocycles. The minimum absolute atomic E-state index is 0.369. The molecule has 1 aliphatic carbocycles. The first kappa shape index (κ1) is 13.4. The fourth-order valence-electron chi connectivity index (χ4n) is 2.89. The second-order valence-corrected chi connectivity index (χ2v) is 5.32. The van der Waals surface area contributed by atoms with Crippen LogP contribution in [-0.4, -0.2) is 11.7 Å². The topological polar surface area (TPSA) is 29.5 Å². The summed E-state index contributed by atoms with van der Waals surface area (Å²) in [4.78, 5) is 0. The SMILES string of the molecule is CCOc1ccc(C)cc1C(O)C1CCCCC1. The van der Waals surface area contributed by atoms with Crippen molar-refractivity contribution in [1.29, 1.82) is 0 Å². The molecule has 2 nitrogen and oxygen atoms in total. The maximum atomic E-state index is 10.6. The Morgan fingerprint density at radius 2 is 2.00 bits per heavy atom. The predicted molar refractivity (Wildman–Crippen MR) is 73.9 cm³/mol. The van der Waals surface area contributed by atoms with Gasteiger partial charge in [0.25, 0.3) is 0 Å². The van der Waals surface area contributed by atoms with E-state index in [9.17, 15) is 5.11 Å². The molecule has 0 aliphatic heterocycles. The van der Waals surface area contributed by atoms with Gasteiger partial charge in [-0.2, -0.15) is 0 Å². The quantitative estimate of drug-likeness (QED) is 0.872. The number of hydrogen-bond acceptors (Lipinski definition) is 2. The van der Waals surface area contributed by atoms with Crippen molar-refractivity contribution in [3.05, 3.63) is 29.3 Å². The highest BCUT2D eigenvalue weighted by Gasteiger charge is 2.25. The van der Waals surface area contributed by atoms with Gasteiger partial charge in [0, 0.05) is 5.56 Å². The van der Waals surface area contributed by atoms with Gasteiger partial charge in [0.2, 0.25) is 0 Å². The van der Waals surface area contributed by atoms with E-state index in [2.05, 4.69) is 13.0 Å². The van der Waals surface area contributed by atoms with Crippen molar-refractivity contribution in [1.82, 2.24) is 0 Å². The average molecular weight is 248 g/mol. The van der Waals surface area contributed by atoms with Gasteiger partial charge >= 0.3 is 0 Å². The van der Waals surface area contributed by atoms with Crippen LogP contribution in [0.1, 0.15) is 56.3 Å². The highest BCUT2D eigenvalue weighted by molar-refractivity contribution is 5.38. The van der Waals surface area contributed by atoms with E-state index in [1.807, 2.05) is 19.1 Å². The van der Waals surface area contributed by atoms with E-state index >= 15 is 0 Å². The number of rotatable bonds is 4. The normalized spacial score (nSPS) is 18.6. The van der Waals surface area contributed by atoms with Crippen molar-refractivity contribution in [2.24, 2.45) is 5.92 Å². The summed E-state index contributed by atoms with van der Waals surface area (Å²) >= 11 is 0. The second-order valence-electron chi connectivity index (χ2n) is 5.32. The summed E-state index contributed by atoms with van der Waals surface area (Å²) in [6.45, 7) is 4.69. The van der Waals surface area contributed by atoms with Gasteiger partial charge < -0.3 is 9.84 Å². The molecule has 0 bridgehead atoms. The van der Waals surface area contributed by atoms with E-state index in [0.717, 1.165) is 24.2 Å². The van der Waals surface area contributed by atoms with Crippen LogP contribution < -0.4 is 4.74 Å². The summed E-state index contributed by atoms with van der Waals surface area (Å²) in [6, 6.07) is 6.10. The molecule has 18 heavy (non-hydrogen) atoms. The van der Waals surface area contributed by atoms with Crippen LogP contribution in [0, 0.1) is 12.8 Å². The smallest absolute Gasteiger partial charge is 0.125 e. The van der Waals surface area contributed by atoms with Crippen molar-refractivity contribution in [3.63, 3.8) is 0 Å². The Morgan fingerprint density at radius 3 is 2.67 bits per heavy atom. The van der Waals surface area contributed by atoms with Crippen LogP contribution >= 0.6 is 0 Å². The lowest BCUT2D eigenvalue weighted by atomic mass is 9.82. The number of ether oxygens (including phenoxy) is 1. The van der Waals surface area contributed by atoms with Crippen LogP contribution in [0.5, 0.6) is 5.75 Å². The fourth-order valence-corrected chi connectivity index (χ4v) is 2.89. The fraction of sp³-hybridized carbons (Fsp3) is 0.625. The van der Waals surface area contributed by atoms with Crippen LogP contribution in [0.3, 0.4) is 0 Å². The summed E-state index contributed by atoms with van der Waals surface area (Å²) in [6.07, 6.45) is 5.72. The van der Waals surface area contributed by atoms with Crippen molar-refractivity contribution >= 4 is 0 Å². The molecule has 100 valence electrons. The third-order valence-corrected chi connectivity index (χ3v) is 3.88. The van der Waals surface area contributed by atoms with Crippen LogP contribution in [-0.2, 0) is 0 Å².